The normalized spacial score (nSPS) is 21.1. The summed E-state index contributed by atoms with van der Waals surface area (Å²) in [5.41, 5.74) is 1.34. The number of nitrogens with one attached hydrogen (secondary N) is 2. The Hall–Kier alpha value is -5.84. The first kappa shape index (κ1) is 63.0. The number of likely N-dealkylation sites (tertiary alicyclic amines) is 2. The van der Waals surface area contributed by atoms with Gasteiger partial charge in [-0.25, -0.2) is 4.68 Å². The molecule has 78 heavy (non-hydrogen) atoms. The number of ketones is 1. The molecule has 22 nitrogen and oxygen atoms in total. The first-order valence-corrected chi connectivity index (χ1v) is 27.8. The average molecular weight is 1100 g/mol. The number of aliphatic carboxylic acids is 2. The average Bonchev–Trinajstić information content (AvgIpc) is 4.31. The number of carbonyl (C=O) groups excluding carboxylic acids is 6. The number of methoxy groups -OCH3 is 2. The molecule has 2 saturated heterocycles. The summed E-state index contributed by atoms with van der Waals surface area (Å²) in [5, 5.41) is 32.8. The molecular formula is C56H86N8O14. The van der Waals surface area contributed by atoms with Crippen LogP contribution in [0.25, 0.3) is 0 Å². The fourth-order valence-electron chi connectivity index (χ4n) is 11.5. The lowest BCUT2D eigenvalue weighted by Crippen LogP contribution is -2.60. The number of hydrogen-bond donors (Lipinski definition) is 4. The van der Waals surface area contributed by atoms with E-state index in [2.05, 4.69) is 20.9 Å². The van der Waals surface area contributed by atoms with Gasteiger partial charge in [-0.15, -0.1) is 5.10 Å². The van der Waals surface area contributed by atoms with E-state index in [1.807, 2.05) is 58.0 Å². The van der Waals surface area contributed by atoms with E-state index in [0.29, 0.717) is 51.1 Å². The molecule has 5 amide bonds. The Morgan fingerprint density at radius 2 is 1.55 bits per heavy atom. The predicted octanol–water partition coefficient (Wildman–Crippen LogP) is 3.77. The maximum Gasteiger partial charge on any atom is 0.307 e. The molecular weight excluding hydrogens is 1010 g/mol. The van der Waals surface area contributed by atoms with Gasteiger partial charge in [0.2, 0.25) is 29.5 Å². The first-order chi connectivity index (χ1) is 37.2. The number of carboxylic acid groups (broad SMARTS) is 2. The van der Waals surface area contributed by atoms with Crippen molar-refractivity contribution in [2.45, 2.75) is 168 Å². The highest BCUT2D eigenvalue weighted by Crippen LogP contribution is 2.43. The van der Waals surface area contributed by atoms with Crippen molar-refractivity contribution in [3.63, 3.8) is 0 Å². The molecule has 434 valence electrons. The zero-order valence-corrected chi connectivity index (χ0v) is 47.2. The number of carboxylic acids is 2. The Morgan fingerprint density at radius 1 is 0.846 bits per heavy atom. The Labute approximate surface area is 458 Å². The molecule has 5 rings (SSSR count). The molecule has 2 bridgehead atoms. The number of nitrogens with zero attached hydrogens (tertiary/aromatic N) is 6. The van der Waals surface area contributed by atoms with Crippen LogP contribution in [0.5, 0.6) is 0 Å². The van der Waals surface area contributed by atoms with Gasteiger partial charge in [-0.2, -0.15) is 0 Å². The number of benzene rings is 1. The molecule has 1 aliphatic carbocycles. The summed E-state index contributed by atoms with van der Waals surface area (Å²) in [6.07, 6.45) is 4.35. The SMILES string of the molecule is CC[C@H](C)[C@@H]([C@@H](CC(=O)N1CCC[C@H]1[C@H](OC)[C@@H](C)C(=O)C[C@@H](Cc1ccccc1)C(=O)O)OC)N(C)C(=O)[C@@H](NC(=O)[C@@H]1[C@H]2CC[C@@H](C2)N1C(=O)CCOCCOCCn1cc(CNC(=O)CC(C)C(=O)O)nn1)C(C)C. The molecule has 3 heterocycles. The maximum absolute atomic E-state index is 14.7. The lowest BCUT2D eigenvalue weighted by atomic mass is 9.85. The van der Waals surface area contributed by atoms with Gasteiger partial charge in [-0.05, 0) is 61.8 Å². The van der Waals surface area contributed by atoms with Gasteiger partial charge in [0.05, 0.1) is 94.7 Å². The second-order valence-electron chi connectivity index (χ2n) is 21.9. The Balaban J connectivity index is 1.12. The van der Waals surface area contributed by atoms with Gasteiger partial charge in [0.25, 0.3) is 0 Å². The zero-order valence-electron chi connectivity index (χ0n) is 47.2. The summed E-state index contributed by atoms with van der Waals surface area (Å²) in [6.45, 7) is 12.8. The van der Waals surface area contributed by atoms with Crippen molar-refractivity contribution in [2.24, 2.45) is 35.5 Å². The van der Waals surface area contributed by atoms with E-state index in [0.717, 1.165) is 18.4 Å². The van der Waals surface area contributed by atoms with Crippen LogP contribution in [0.1, 0.15) is 117 Å². The minimum absolute atomic E-state index is 0.0485. The van der Waals surface area contributed by atoms with Gasteiger partial charge in [-0.1, -0.05) is 83.5 Å². The smallest absolute Gasteiger partial charge is 0.307 e. The lowest BCUT2D eigenvalue weighted by molar-refractivity contribution is -0.149. The van der Waals surface area contributed by atoms with Crippen molar-refractivity contribution in [1.82, 2.24) is 40.3 Å². The van der Waals surface area contributed by atoms with E-state index < -0.39 is 72.0 Å². The minimum Gasteiger partial charge on any atom is -0.481 e. The second kappa shape index (κ2) is 30.5. The van der Waals surface area contributed by atoms with Crippen molar-refractivity contribution in [1.29, 1.82) is 0 Å². The highest BCUT2D eigenvalue weighted by atomic mass is 16.5. The molecule has 1 unspecified atom stereocenters. The molecule has 12 atom stereocenters. The summed E-state index contributed by atoms with van der Waals surface area (Å²) < 4.78 is 25.0. The number of aromatic nitrogens is 3. The van der Waals surface area contributed by atoms with Crippen LogP contribution in [-0.4, -0.2) is 184 Å². The summed E-state index contributed by atoms with van der Waals surface area (Å²) in [6, 6.07) is 6.40. The number of amides is 5. The Morgan fingerprint density at radius 3 is 2.19 bits per heavy atom. The number of carbonyl (C=O) groups is 8. The molecule has 1 saturated carbocycles. The Kier molecular flexibility index (Phi) is 24.6. The van der Waals surface area contributed by atoms with Crippen LogP contribution in [0.2, 0.25) is 0 Å². The number of hydrogen-bond acceptors (Lipinski definition) is 14. The van der Waals surface area contributed by atoms with Crippen LogP contribution in [0.15, 0.2) is 36.5 Å². The number of likely N-dealkylation sites (N-methyl/N-ethyl adjacent to an activating group) is 1. The van der Waals surface area contributed by atoms with Gasteiger partial charge in [-0.3, -0.25) is 38.4 Å². The van der Waals surface area contributed by atoms with E-state index in [9.17, 15) is 43.5 Å². The summed E-state index contributed by atoms with van der Waals surface area (Å²) >= 11 is 0. The topological polar surface area (TPSA) is 278 Å². The van der Waals surface area contributed by atoms with Gasteiger partial charge in [0, 0.05) is 52.6 Å². The molecule has 3 aliphatic rings. The number of piperidine rings is 1. The van der Waals surface area contributed by atoms with E-state index in [-0.39, 0.29) is 112 Å². The highest BCUT2D eigenvalue weighted by molar-refractivity contribution is 5.93. The minimum atomic E-state index is -1.05. The molecule has 2 aromatic rings. The van der Waals surface area contributed by atoms with Crippen LogP contribution in [0.4, 0.5) is 0 Å². The van der Waals surface area contributed by atoms with Crippen LogP contribution in [-0.2, 0) is 76.8 Å². The number of rotatable bonds is 34. The monoisotopic (exact) mass is 1090 g/mol. The first-order valence-electron chi connectivity index (χ1n) is 27.8. The maximum atomic E-state index is 14.7. The molecule has 0 radical (unpaired) electrons. The quantitative estimate of drug-likeness (QED) is 0.0726. The van der Waals surface area contributed by atoms with Crippen molar-refractivity contribution in [3.05, 3.63) is 47.8 Å². The third kappa shape index (κ3) is 17.1. The molecule has 4 N–H and O–H groups in total. The van der Waals surface area contributed by atoms with E-state index >= 15 is 0 Å². The third-order valence-corrected chi connectivity index (χ3v) is 16.1. The number of ether oxygens (including phenoxy) is 4. The van der Waals surface area contributed by atoms with E-state index in [4.69, 9.17) is 24.1 Å². The predicted molar refractivity (Wildman–Crippen MR) is 285 cm³/mol. The summed E-state index contributed by atoms with van der Waals surface area (Å²) in [7, 11) is 4.70. The molecule has 22 heteroatoms. The van der Waals surface area contributed by atoms with Crippen molar-refractivity contribution < 1.29 is 67.5 Å². The van der Waals surface area contributed by atoms with Gasteiger partial charge >= 0.3 is 11.9 Å². The van der Waals surface area contributed by atoms with Crippen molar-refractivity contribution in [2.75, 3.05) is 54.2 Å². The van der Waals surface area contributed by atoms with Gasteiger partial charge in [0.1, 0.15) is 23.6 Å². The second-order valence-corrected chi connectivity index (χ2v) is 21.9. The van der Waals surface area contributed by atoms with E-state index in [1.165, 1.54) is 21.1 Å². The van der Waals surface area contributed by atoms with Crippen LogP contribution < -0.4 is 10.6 Å². The largest absolute Gasteiger partial charge is 0.481 e. The summed E-state index contributed by atoms with van der Waals surface area (Å²) in [5.74, 6) is -6.79. The molecule has 2 aliphatic heterocycles. The van der Waals surface area contributed by atoms with Crippen molar-refractivity contribution in [3.8, 4) is 0 Å². The number of fused-ring (bicyclic) bond motifs is 2. The van der Waals surface area contributed by atoms with Crippen molar-refractivity contribution >= 4 is 47.3 Å². The van der Waals surface area contributed by atoms with Crippen LogP contribution in [0.3, 0.4) is 0 Å². The molecule has 3 fully saturated rings. The third-order valence-electron chi connectivity index (χ3n) is 16.1. The lowest BCUT2D eigenvalue weighted by Gasteiger charge is -2.41. The van der Waals surface area contributed by atoms with E-state index in [1.54, 1.807) is 39.5 Å². The fourth-order valence-corrected chi connectivity index (χ4v) is 11.5. The standard InChI is InChI=1S/C56H86N8O14/c1-10-35(4)50(45(75-8)31-48(68)63-21-14-17-43(63)52(76-9)37(6)44(65)30-40(56(73)74)28-38-15-12-11-13-16-38)61(7)54(70)49(34(2)3)58-53(69)51-39-18-19-42(29-39)64(51)47(67)20-23-77-25-26-78-24-22-62-33-41(59-60-62)32-57-46(66)27-36(5)55(71)72/h11-13,15-16,33-37,39-40,42-43,45,49-52H,10,14,17-32H2,1-9H3,(H,57,66)(H,58,69)(H,71,72)(H,73,74)/t35-,36?,37-,39-,40+,42-,43-,45+,49-,50-,51-,52+/m0/s1. The van der Waals surface area contributed by atoms with Crippen LogP contribution >= 0.6 is 0 Å². The molecule has 1 aromatic carbocycles. The Bertz CT molecular complexity index is 2320. The summed E-state index contributed by atoms with van der Waals surface area (Å²) in [4.78, 5) is 111. The fraction of sp³-hybridized carbons (Fsp3) is 0.714. The molecule has 1 aromatic heterocycles. The zero-order chi connectivity index (χ0) is 57.2. The van der Waals surface area contributed by atoms with Gasteiger partial charge in [0.15, 0.2) is 0 Å². The highest BCUT2D eigenvalue weighted by Gasteiger charge is 2.52. The van der Waals surface area contributed by atoms with Crippen LogP contribution in [0, 0.1) is 35.5 Å². The number of Topliss-reactive ketones (excluding diaryl/α,β-unsaturated/α-hetero) is 1. The molecule has 0 spiro atoms. The van der Waals surface area contributed by atoms with Gasteiger partial charge < -0.3 is 54.5 Å².